The van der Waals surface area contributed by atoms with E-state index in [-0.39, 0.29) is 5.91 Å². The topological polar surface area (TPSA) is 62.4 Å². The molecule has 0 radical (unpaired) electrons. The fourth-order valence-corrected chi connectivity index (χ4v) is 2.34. The van der Waals surface area contributed by atoms with E-state index in [2.05, 4.69) is 16.0 Å². The van der Waals surface area contributed by atoms with Crippen LogP contribution in [0.3, 0.4) is 0 Å². The number of amides is 1. The normalized spacial score (nSPS) is 9.87. The van der Waals surface area contributed by atoms with Gasteiger partial charge in [-0.15, -0.1) is 0 Å². The van der Waals surface area contributed by atoms with Crippen LogP contribution in [0, 0.1) is 0 Å². The number of nitrogens with one attached hydrogen (secondary N) is 3. The zero-order chi connectivity index (χ0) is 16.8. The predicted octanol–water partition coefficient (Wildman–Crippen LogP) is 4.12. The lowest BCUT2D eigenvalue weighted by Gasteiger charge is -2.14. The lowest BCUT2D eigenvalue weighted by molar-refractivity contribution is -0.114. The van der Waals surface area contributed by atoms with E-state index in [4.69, 9.17) is 28.6 Å². The van der Waals surface area contributed by atoms with Gasteiger partial charge in [-0.25, -0.2) is 0 Å². The first-order valence-corrected chi connectivity index (χ1v) is 7.56. The minimum absolute atomic E-state index is 0.133. The maximum atomic E-state index is 11.1. The van der Waals surface area contributed by atoms with E-state index in [9.17, 15) is 4.79 Å². The lowest BCUT2D eigenvalue weighted by Crippen LogP contribution is -2.19. The van der Waals surface area contributed by atoms with Gasteiger partial charge in [-0.3, -0.25) is 4.79 Å². The van der Waals surface area contributed by atoms with Crippen LogP contribution in [0.1, 0.15) is 6.92 Å². The van der Waals surface area contributed by atoms with Crippen LogP contribution in [0.5, 0.6) is 5.75 Å². The third-order valence-electron chi connectivity index (χ3n) is 2.85. The highest BCUT2D eigenvalue weighted by molar-refractivity contribution is 7.80. The van der Waals surface area contributed by atoms with Gasteiger partial charge in [0.1, 0.15) is 5.75 Å². The molecule has 0 aliphatic rings. The van der Waals surface area contributed by atoms with Gasteiger partial charge in [-0.1, -0.05) is 17.7 Å². The Balaban J connectivity index is 2.08. The average molecular weight is 350 g/mol. The van der Waals surface area contributed by atoms with Gasteiger partial charge < -0.3 is 20.7 Å². The molecule has 1 amide bonds. The highest BCUT2D eigenvalue weighted by Gasteiger charge is 2.06. The first-order valence-electron chi connectivity index (χ1n) is 6.77. The highest BCUT2D eigenvalue weighted by Crippen LogP contribution is 2.27. The number of anilines is 3. The number of benzene rings is 2. The molecule has 0 saturated heterocycles. The number of carbonyl (C=O) groups is 1. The Kier molecular flexibility index (Phi) is 5.78. The molecule has 0 fully saturated rings. The summed E-state index contributed by atoms with van der Waals surface area (Å²) >= 11 is 11.3. The summed E-state index contributed by atoms with van der Waals surface area (Å²) in [5.41, 5.74) is 2.09. The van der Waals surface area contributed by atoms with E-state index in [1.807, 2.05) is 12.1 Å². The van der Waals surface area contributed by atoms with Crippen molar-refractivity contribution in [2.45, 2.75) is 6.92 Å². The molecule has 0 aromatic heterocycles. The minimum atomic E-state index is -0.133. The van der Waals surface area contributed by atoms with Gasteiger partial charge >= 0.3 is 0 Å². The number of carbonyl (C=O) groups excluding carboxylic acids is 1. The molecule has 3 N–H and O–H groups in total. The number of thiocarbonyl (C=S) groups is 1. The van der Waals surface area contributed by atoms with Gasteiger partial charge in [0, 0.05) is 23.3 Å². The van der Waals surface area contributed by atoms with Crippen molar-refractivity contribution in [3.05, 3.63) is 47.5 Å². The number of halogens is 1. The Morgan fingerprint density at radius 3 is 2.43 bits per heavy atom. The summed E-state index contributed by atoms with van der Waals surface area (Å²) in [5.74, 6) is 0.497. The third kappa shape index (κ3) is 5.12. The van der Waals surface area contributed by atoms with Crippen molar-refractivity contribution < 1.29 is 9.53 Å². The van der Waals surface area contributed by atoms with Crippen molar-refractivity contribution in [2.75, 3.05) is 23.1 Å². The Morgan fingerprint density at radius 2 is 1.78 bits per heavy atom. The third-order valence-corrected chi connectivity index (χ3v) is 3.29. The molecule has 0 spiro atoms. The van der Waals surface area contributed by atoms with Crippen LogP contribution >= 0.6 is 23.8 Å². The molecular weight excluding hydrogens is 334 g/mol. The Morgan fingerprint density at radius 1 is 1.09 bits per heavy atom. The fraction of sp³-hybridized carbons (Fsp3) is 0.125. The molecule has 0 saturated carbocycles. The predicted molar refractivity (Wildman–Crippen MR) is 98.6 cm³/mol. The van der Waals surface area contributed by atoms with Gasteiger partial charge in [-0.2, -0.15) is 0 Å². The number of rotatable bonds is 4. The van der Waals surface area contributed by atoms with Crippen LogP contribution in [0.2, 0.25) is 5.02 Å². The summed E-state index contributed by atoms with van der Waals surface area (Å²) in [4.78, 5) is 11.1. The molecule has 0 bridgehead atoms. The van der Waals surface area contributed by atoms with Crippen molar-refractivity contribution in [3.63, 3.8) is 0 Å². The largest absolute Gasteiger partial charge is 0.495 e. The summed E-state index contributed by atoms with van der Waals surface area (Å²) in [6.07, 6.45) is 0. The first kappa shape index (κ1) is 17.1. The highest BCUT2D eigenvalue weighted by atomic mass is 35.5. The SMILES string of the molecule is COc1ccc(Cl)cc1NC(=S)Nc1cccc(NC(C)=O)c1. The first-order chi connectivity index (χ1) is 11.0. The second-order valence-corrected chi connectivity index (χ2v) is 5.53. The van der Waals surface area contributed by atoms with Gasteiger partial charge in [0.2, 0.25) is 5.91 Å². The van der Waals surface area contributed by atoms with Gasteiger partial charge in [0.25, 0.3) is 0 Å². The van der Waals surface area contributed by atoms with Crippen LogP contribution in [0.15, 0.2) is 42.5 Å². The zero-order valence-corrected chi connectivity index (χ0v) is 14.2. The van der Waals surface area contributed by atoms with E-state index < -0.39 is 0 Å². The molecule has 0 aliphatic heterocycles. The number of ether oxygens (including phenoxy) is 1. The molecule has 2 rings (SSSR count). The summed E-state index contributed by atoms with van der Waals surface area (Å²) in [5, 5.41) is 9.75. The number of hydrogen-bond acceptors (Lipinski definition) is 3. The second kappa shape index (κ2) is 7.80. The lowest BCUT2D eigenvalue weighted by atomic mass is 10.2. The molecule has 0 atom stereocenters. The Hall–Kier alpha value is -2.31. The molecule has 7 heteroatoms. The minimum Gasteiger partial charge on any atom is -0.495 e. The molecule has 2 aromatic carbocycles. The summed E-state index contributed by atoms with van der Waals surface area (Å²) in [7, 11) is 1.57. The standard InChI is InChI=1S/C16H16ClN3O2S/c1-10(21)18-12-4-3-5-13(9-12)19-16(23)20-14-8-11(17)6-7-15(14)22-2/h3-9H,1-2H3,(H,18,21)(H2,19,20,23). The fourth-order valence-electron chi connectivity index (χ4n) is 1.94. The summed E-state index contributed by atoms with van der Waals surface area (Å²) in [6.45, 7) is 1.46. The maximum Gasteiger partial charge on any atom is 0.221 e. The number of methoxy groups -OCH3 is 1. The molecule has 2 aromatic rings. The van der Waals surface area contributed by atoms with Gasteiger partial charge in [0.15, 0.2) is 5.11 Å². The molecule has 5 nitrogen and oxygen atoms in total. The van der Waals surface area contributed by atoms with Crippen molar-refractivity contribution in [1.29, 1.82) is 0 Å². The molecule has 0 aliphatic carbocycles. The zero-order valence-electron chi connectivity index (χ0n) is 12.6. The molecule has 120 valence electrons. The Labute approximate surface area is 145 Å². The van der Waals surface area contributed by atoms with Gasteiger partial charge in [0.05, 0.1) is 12.8 Å². The smallest absolute Gasteiger partial charge is 0.221 e. The van der Waals surface area contributed by atoms with Crippen LogP contribution < -0.4 is 20.7 Å². The van der Waals surface area contributed by atoms with Crippen LogP contribution in [-0.2, 0) is 4.79 Å². The van der Waals surface area contributed by atoms with Crippen molar-refractivity contribution >= 4 is 51.9 Å². The van der Waals surface area contributed by atoms with Crippen molar-refractivity contribution in [2.24, 2.45) is 0 Å². The van der Waals surface area contributed by atoms with Crippen molar-refractivity contribution in [3.8, 4) is 5.75 Å². The molecular formula is C16H16ClN3O2S. The van der Waals surface area contributed by atoms with E-state index in [1.165, 1.54) is 6.92 Å². The van der Waals surface area contributed by atoms with Crippen LogP contribution in [0.4, 0.5) is 17.1 Å². The van der Waals surface area contributed by atoms with E-state index in [0.717, 1.165) is 5.69 Å². The van der Waals surface area contributed by atoms with Crippen molar-refractivity contribution in [1.82, 2.24) is 0 Å². The van der Waals surface area contributed by atoms with E-state index in [1.54, 1.807) is 37.4 Å². The monoisotopic (exact) mass is 349 g/mol. The van der Waals surface area contributed by atoms with Gasteiger partial charge in [-0.05, 0) is 48.6 Å². The van der Waals surface area contributed by atoms with E-state index >= 15 is 0 Å². The average Bonchev–Trinajstić information content (AvgIpc) is 2.47. The molecule has 23 heavy (non-hydrogen) atoms. The Bertz CT molecular complexity index is 737. The van der Waals surface area contributed by atoms with Crippen LogP contribution in [-0.4, -0.2) is 18.1 Å². The maximum absolute atomic E-state index is 11.1. The molecule has 0 unspecified atom stereocenters. The number of hydrogen-bond donors (Lipinski definition) is 3. The quantitative estimate of drug-likeness (QED) is 0.725. The van der Waals surface area contributed by atoms with Crippen LogP contribution in [0.25, 0.3) is 0 Å². The summed E-state index contributed by atoms with van der Waals surface area (Å²) in [6, 6.07) is 12.4. The summed E-state index contributed by atoms with van der Waals surface area (Å²) < 4.78 is 5.26. The second-order valence-electron chi connectivity index (χ2n) is 4.69. The van der Waals surface area contributed by atoms with E-state index in [0.29, 0.717) is 27.3 Å². The molecule has 0 heterocycles.